The molecule has 2 aromatic carbocycles. The molecule has 2 N–H and O–H groups in total. The van der Waals surface area contributed by atoms with Crippen LogP contribution < -0.4 is 15.4 Å². The fraction of sp³-hybridized carbons (Fsp3) is 0.381. The van der Waals surface area contributed by atoms with Gasteiger partial charge in [-0.05, 0) is 49.6 Å². The smallest absolute Gasteiger partial charge is 0.315 e. The van der Waals surface area contributed by atoms with Crippen LogP contribution >= 0.6 is 0 Å². The monoisotopic (exact) mass is 417 g/mol. The van der Waals surface area contributed by atoms with Gasteiger partial charge in [0.25, 0.3) is 0 Å². The second-order valence-corrected chi connectivity index (χ2v) is 9.13. The third kappa shape index (κ3) is 5.48. The van der Waals surface area contributed by atoms with E-state index < -0.39 is 10.0 Å². The van der Waals surface area contributed by atoms with E-state index in [0.717, 1.165) is 23.3 Å². The highest BCUT2D eigenvalue weighted by molar-refractivity contribution is 7.89. The minimum Gasteiger partial charge on any atom is -0.497 e. The number of hydrogen-bond donors (Lipinski definition) is 2. The van der Waals surface area contributed by atoms with Crippen LogP contribution in [0.25, 0.3) is 0 Å². The highest BCUT2D eigenvalue weighted by Crippen LogP contribution is 2.21. The number of nitrogens with one attached hydrogen (secondary N) is 2. The Kier molecular flexibility index (Phi) is 6.76. The molecule has 3 rings (SSSR count). The molecule has 29 heavy (non-hydrogen) atoms. The number of amides is 2. The highest BCUT2D eigenvalue weighted by atomic mass is 32.2. The van der Waals surface area contributed by atoms with Gasteiger partial charge in [-0.1, -0.05) is 29.8 Å². The Bertz CT molecular complexity index is 927. The molecule has 0 radical (unpaired) electrons. The SMILES string of the molecule is COc1ccc(CNC(=O)N[C@H]2CCCN(S(=O)(=O)c3ccc(C)cc3)C2)cc1. The van der Waals surface area contributed by atoms with Gasteiger partial charge in [-0.25, -0.2) is 13.2 Å². The molecule has 0 spiro atoms. The Morgan fingerprint density at radius 3 is 2.48 bits per heavy atom. The number of sulfonamides is 1. The van der Waals surface area contributed by atoms with Crippen LogP contribution in [0.1, 0.15) is 24.0 Å². The molecule has 0 saturated carbocycles. The van der Waals surface area contributed by atoms with Gasteiger partial charge < -0.3 is 15.4 Å². The van der Waals surface area contributed by atoms with Crippen LogP contribution in [-0.4, -0.2) is 45.0 Å². The summed E-state index contributed by atoms with van der Waals surface area (Å²) in [6.07, 6.45) is 1.45. The molecule has 2 amide bonds. The van der Waals surface area contributed by atoms with Crippen molar-refractivity contribution in [2.45, 2.75) is 37.2 Å². The zero-order valence-electron chi connectivity index (χ0n) is 16.7. The number of carbonyl (C=O) groups is 1. The van der Waals surface area contributed by atoms with Gasteiger partial charge in [0.2, 0.25) is 10.0 Å². The predicted molar refractivity (Wildman–Crippen MR) is 111 cm³/mol. The van der Waals surface area contributed by atoms with Crippen LogP contribution in [-0.2, 0) is 16.6 Å². The molecule has 156 valence electrons. The molecule has 0 aliphatic carbocycles. The van der Waals surface area contributed by atoms with E-state index in [9.17, 15) is 13.2 Å². The molecule has 0 unspecified atom stereocenters. The second kappa shape index (κ2) is 9.28. The third-order valence-electron chi connectivity index (χ3n) is 4.99. The van der Waals surface area contributed by atoms with Crippen molar-refractivity contribution in [2.75, 3.05) is 20.2 Å². The molecule has 1 aliphatic rings. The molecular weight excluding hydrogens is 390 g/mol. The van der Waals surface area contributed by atoms with E-state index in [1.807, 2.05) is 31.2 Å². The lowest BCUT2D eigenvalue weighted by molar-refractivity contribution is 0.225. The van der Waals surface area contributed by atoms with E-state index in [1.165, 1.54) is 4.31 Å². The molecule has 1 fully saturated rings. The summed E-state index contributed by atoms with van der Waals surface area (Å²) >= 11 is 0. The molecule has 0 bridgehead atoms. The Balaban J connectivity index is 1.54. The summed E-state index contributed by atoms with van der Waals surface area (Å²) in [6.45, 7) is 3.03. The van der Waals surface area contributed by atoms with Crippen LogP contribution in [0.3, 0.4) is 0 Å². The molecule has 8 heteroatoms. The summed E-state index contributed by atoms with van der Waals surface area (Å²) < 4.78 is 32.3. The van der Waals surface area contributed by atoms with Gasteiger partial charge >= 0.3 is 6.03 Å². The van der Waals surface area contributed by atoms with Crippen molar-refractivity contribution in [2.24, 2.45) is 0 Å². The van der Waals surface area contributed by atoms with Gasteiger partial charge in [-0.15, -0.1) is 0 Å². The molecule has 1 saturated heterocycles. The maximum atomic E-state index is 12.9. The summed E-state index contributed by atoms with van der Waals surface area (Å²) in [7, 11) is -1.96. The first-order valence-corrected chi connectivity index (χ1v) is 11.1. The number of carbonyl (C=O) groups excluding carboxylic acids is 1. The lowest BCUT2D eigenvalue weighted by Crippen LogP contribution is -2.51. The molecular formula is C21H27N3O4S. The number of urea groups is 1. The average Bonchev–Trinajstić information content (AvgIpc) is 2.73. The molecule has 1 aliphatic heterocycles. The number of methoxy groups -OCH3 is 1. The quantitative estimate of drug-likeness (QED) is 0.756. The summed E-state index contributed by atoms with van der Waals surface area (Å²) in [5.74, 6) is 0.760. The number of ether oxygens (including phenoxy) is 1. The maximum Gasteiger partial charge on any atom is 0.315 e. The standard InChI is InChI=1S/C21H27N3O4S/c1-16-5-11-20(12-6-16)29(26,27)24-13-3-4-18(15-24)23-21(25)22-14-17-7-9-19(28-2)10-8-17/h5-12,18H,3-4,13-15H2,1-2H3,(H2,22,23,25)/t18-/m0/s1. The zero-order valence-corrected chi connectivity index (χ0v) is 17.5. The first-order chi connectivity index (χ1) is 13.9. The number of nitrogens with zero attached hydrogens (tertiary/aromatic N) is 1. The van der Waals surface area contributed by atoms with Crippen LogP contribution in [0.2, 0.25) is 0 Å². The number of piperidine rings is 1. The summed E-state index contributed by atoms with van der Waals surface area (Å²) in [4.78, 5) is 12.5. The van der Waals surface area contributed by atoms with Gasteiger partial charge in [-0.3, -0.25) is 0 Å². The Labute approximate surface area is 172 Å². The van der Waals surface area contributed by atoms with E-state index in [2.05, 4.69) is 10.6 Å². The third-order valence-corrected chi connectivity index (χ3v) is 6.87. The number of benzene rings is 2. The molecule has 0 aromatic heterocycles. The molecule has 1 atom stereocenters. The van der Waals surface area contributed by atoms with Gasteiger partial charge in [0, 0.05) is 25.7 Å². The van der Waals surface area contributed by atoms with Gasteiger partial charge in [-0.2, -0.15) is 4.31 Å². The van der Waals surface area contributed by atoms with E-state index >= 15 is 0 Å². The van der Waals surface area contributed by atoms with E-state index in [0.29, 0.717) is 19.5 Å². The van der Waals surface area contributed by atoms with E-state index in [4.69, 9.17) is 4.74 Å². The van der Waals surface area contributed by atoms with Crippen molar-refractivity contribution < 1.29 is 17.9 Å². The molecule has 1 heterocycles. The molecule has 7 nitrogen and oxygen atoms in total. The number of aryl methyl sites for hydroxylation is 1. The van der Waals surface area contributed by atoms with Crippen molar-refractivity contribution in [1.82, 2.24) is 14.9 Å². The van der Waals surface area contributed by atoms with Gasteiger partial charge in [0.1, 0.15) is 5.75 Å². The van der Waals surface area contributed by atoms with Crippen molar-refractivity contribution in [3.63, 3.8) is 0 Å². The lowest BCUT2D eigenvalue weighted by atomic mass is 10.1. The minimum absolute atomic E-state index is 0.222. The lowest BCUT2D eigenvalue weighted by Gasteiger charge is -2.32. The first kappa shape index (κ1) is 21.1. The topological polar surface area (TPSA) is 87.7 Å². The Morgan fingerprint density at radius 2 is 1.83 bits per heavy atom. The van der Waals surface area contributed by atoms with E-state index in [-0.39, 0.29) is 23.5 Å². The van der Waals surface area contributed by atoms with Crippen molar-refractivity contribution in [1.29, 1.82) is 0 Å². The normalized spacial score (nSPS) is 17.5. The summed E-state index contributed by atoms with van der Waals surface area (Å²) in [6, 6.07) is 13.8. The first-order valence-electron chi connectivity index (χ1n) is 9.62. The fourth-order valence-corrected chi connectivity index (χ4v) is 4.82. The van der Waals surface area contributed by atoms with E-state index in [1.54, 1.807) is 31.4 Å². The largest absolute Gasteiger partial charge is 0.497 e. The van der Waals surface area contributed by atoms with Gasteiger partial charge in [0.15, 0.2) is 0 Å². The van der Waals surface area contributed by atoms with Crippen LogP contribution in [0.5, 0.6) is 5.75 Å². The van der Waals surface area contributed by atoms with Crippen molar-refractivity contribution in [3.05, 3.63) is 59.7 Å². The summed E-state index contributed by atoms with van der Waals surface area (Å²) in [5.41, 5.74) is 1.96. The minimum atomic E-state index is -3.56. The van der Waals surface area contributed by atoms with Crippen LogP contribution in [0.4, 0.5) is 4.79 Å². The second-order valence-electron chi connectivity index (χ2n) is 7.19. The van der Waals surface area contributed by atoms with Crippen molar-refractivity contribution in [3.8, 4) is 5.75 Å². The average molecular weight is 418 g/mol. The predicted octanol–water partition coefficient (Wildman–Crippen LogP) is 2.66. The zero-order chi connectivity index (χ0) is 20.9. The summed E-state index contributed by atoms with van der Waals surface area (Å²) in [5, 5.41) is 5.71. The Hall–Kier alpha value is -2.58. The maximum absolute atomic E-state index is 12.9. The molecule has 2 aromatic rings. The van der Waals surface area contributed by atoms with Crippen molar-refractivity contribution >= 4 is 16.1 Å². The number of rotatable bonds is 6. The van der Waals surface area contributed by atoms with Gasteiger partial charge in [0.05, 0.1) is 12.0 Å². The Morgan fingerprint density at radius 1 is 1.14 bits per heavy atom. The highest BCUT2D eigenvalue weighted by Gasteiger charge is 2.30. The van der Waals surface area contributed by atoms with Crippen LogP contribution in [0, 0.1) is 6.92 Å². The number of hydrogen-bond acceptors (Lipinski definition) is 4. The van der Waals surface area contributed by atoms with Crippen LogP contribution in [0.15, 0.2) is 53.4 Å². The fourth-order valence-electron chi connectivity index (χ4n) is 3.30.